The van der Waals surface area contributed by atoms with Crippen molar-refractivity contribution in [3.63, 3.8) is 0 Å². The predicted molar refractivity (Wildman–Crippen MR) is 115 cm³/mol. The van der Waals surface area contributed by atoms with Crippen molar-refractivity contribution in [1.82, 2.24) is 9.88 Å². The van der Waals surface area contributed by atoms with Gasteiger partial charge in [-0.15, -0.1) is 0 Å². The number of methoxy groups -OCH3 is 1. The van der Waals surface area contributed by atoms with Crippen LogP contribution in [0.1, 0.15) is 41.1 Å². The smallest absolute Gasteiger partial charge is 0.295 e. The van der Waals surface area contributed by atoms with Gasteiger partial charge in [0.25, 0.3) is 11.7 Å². The van der Waals surface area contributed by atoms with Crippen LogP contribution in [-0.4, -0.2) is 53.0 Å². The number of aliphatic hydroxyl groups excluding tert-OH is 1. The molecule has 2 aliphatic rings. The average Bonchev–Trinajstić information content (AvgIpc) is 3.37. The lowest BCUT2D eigenvalue weighted by molar-refractivity contribution is -0.140. The third-order valence-corrected chi connectivity index (χ3v) is 5.98. The monoisotopic (exact) mass is 422 g/mol. The molecule has 2 aromatic rings. The van der Waals surface area contributed by atoms with E-state index in [1.807, 2.05) is 19.9 Å². The van der Waals surface area contributed by atoms with Crippen LogP contribution in [0, 0.1) is 13.8 Å². The van der Waals surface area contributed by atoms with E-state index in [1.165, 1.54) is 4.90 Å². The van der Waals surface area contributed by atoms with E-state index in [2.05, 4.69) is 4.98 Å². The summed E-state index contributed by atoms with van der Waals surface area (Å²) in [6, 6.07) is 6.42. The number of pyridine rings is 1. The van der Waals surface area contributed by atoms with Crippen molar-refractivity contribution >= 4 is 17.4 Å². The number of aromatic nitrogens is 1. The fourth-order valence-corrected chi connectivity index (χ4v) is 4.38. The molecule has 0 radical (unpaired) electrons. The number of ketones is 1. The van der Waals surface area contributed by atoms with E-state index in [1.54, 1.807) is 37.7 Å². The number of hydrogen-bond acceptors (Lipinski definition) is 6. The maximum atomic E-state index is 13.1. The number of carbonyl (C=O) groups is 2. The summed E-state index contributed by atoms with van der Waals surface area (Å²) in [5.74, 6) is -0.802. The van der Waals surface area contributed by atoms with Gasteiger partial charge in [-0.25, -0.2) is 0 Å². The second kappa shape index (κ2) is 8.51. The molecule has 31 heavy (non-hydrogen) atoms. The molecule has 7 heteroatoms. The largest absolute Gasteiger partial charge is 0.507 e. The molecular weight excluding hydrogens is 396 g/mol. The van der Waals surface area contributed by atoms with Crippen molar-refractivity contribution < 1.29 is 24.2 Å². The van der Waals surface area contributed by atoms with E-state index in [0.717, 1.165) is 29.5 Å². The van der Waals surface area contributed by atoms with E-state index in [0.29, 0.717) is 24.5 Å². The Morgan fingerprint density at radius 3 is 2.61 bits per heavy atom. The highest BCUT2D eigenvalue weighted by atomic mass is 16.5. The first-order valence-corrected chi connectivity index (χ1v) is 10.4. The van der Waals surface area contributed by atoms with E-state index in [9.17, 15) is 14.7 Å². The third-order valence-electron chi connectivity index (χ3n) is 5.98. The standard InChI is InChI=1S/C24H26N2O5/c1-14-12-19(30-3)15(2)11-18(14)22(27)20-21(16-6-8-25-9-7-16)26(24(29)23(20)28)13-17-5-4-10-31-17/h6-9,11-12,17,21,27H,4-5,10,13H2,1-3H3/b22-20+. The van der Waals surface area contributed by atoms with Crippen LogP contribution in [0.5, 0.6) is 5.75 Å². The Kier molecular flexibility index (Phi) is 5.78. The zero-order chi connectivity index (χ0) is 22.1. The number of amides is 1. The lowest BCUT2D eigenvalue weighted by Gasteiger charge is -2.27. The van der Waals surface area contributed by atoms with Crippen LogP contribution in [0.2, 0.25) is 0 Å². The van der Waals surface area contributed by atoms with E-state index < -0.39 is 17.7 Å². The van der Waals surface area contributed by atoms with Gasteiger partial charge in [0, 0.05) is 31.1 Å². The number of hydrogen-bond donors (Lipinski definition) is 1. The van der Waals surface area contributed by atoms with Crippen molar-refractivity contribution in [2.75, 3.05) is 20.3 Å². The zero-order valence-electron chi connectivity index (χ0n) is 17.9. The van der Waals surface area contributed by atoms with Gasteiger partial charge in [-0.05, 0) is 67.6 Å². The molecule has 162 valence electrons. The van der Waals surface area contributed by atoms with Crippen molar-refractivity contribution in [3.8, 4) is 5.75 Å². The molecule has 2 atom stereocenters. The molecule has 2 fully saturated rings. The first kappa shape index (κ1) is 21.1. The number of likely N-dealkylation sites (tertiary alicyclic amines) is 1. The third kappa shape index (κ3) is 3.81. The van der Waals surface area contributed by atoms with Crippen LogP contribution in [0.3, 0.4) is 0 Å². The van der Waals surface area contributed by atoms with E-state index in [4.69, 9.17) is 9.47 Å². The van der Waals surface area contributed by atoms with Crippen molar-refractivity contribution in [3.05, 3.63) is 64.5 Å². The van der Waals surface area contributed by atoms with Crippen LogP contribution in [0.15, 0.2) is 42.2 Å². The Labute approximate surface area is 181 Å². The molecule has 1 N–H and O–H groups in total. The summed E-state index contributed by atoms with van der Waals surface area (Å²) in [5, 5.41) is 11.3. The first-order chi connectivity index (χ1) is 14.9. The minimum Gasteiger partial charge on any atom is -0.507 e. The highest BCUT2D eigenvalue weighted by Crippen LogP contribution is 2.41. The number of Topliss-reactive ketones (excluding diaryl/α,β-unsaturated/α-hetero) is 1. The van der Waals surface area contributed by atoms with E-state index in [-0.39, 0.29) is 17.4 Å². The van der Waals surface area contributed by atoms with Gasteiger partial charge < -0.3 is 19.5 Å². The van der Waals surface area contributed by atoms with Crippen LogP contribution < -0.4 is 4.74 Å². The molecule has 1 aromatic carbocycles. The Balaban J connectivity index is 1.85. The number of carbonyl (C=O) groups excluding carboxylic acids is 2. The van der Waals surface area contributed by atoms with Gasteiger partial charge in [0.05, 0.1) is 24.8 Å². The van der Waals surface area contributed by atoms with Gasteiger partial charge in [0.2, 0.25) is 0 Å². The number of aliphatic hydroxyl groups is 1. The van der Waals surface area contributed by atoms with Crippen LogP contribution in [-0.2, 0) is 14.3 Å². The van der Waals surface area contributed by atoms with Gasteiger partial charge in [0.1, 0.15) is 11.5 Å². The Bertz CT molecular complexity index is 1040. The summed E-state index contributed by atoms with van der Waals surface area (Å²) in [6.45, 7) is 4.65. The predicted octanol–water partition coefficient (Wildman–Crippen LogP) is 3.31. The van der Waals surface area contributed by atoms with E-state index >= 15 is 0 Å². The topological polar surface area (TPSA) is 89.0 Å². The molecule has 0 spiro atoms. The maximum absolute atomic E-state index is 13.1. The first-order valence-electron chi connectivity index (χ1n) is 10.4. The molecule has 7 nitrogen and oxygen atoms in total. The highest BCUT2D eigenvalue weighted by molar-refractivity contribution is 6.46. The lowest BCUT2D eigenvalue weighted by atomic mass is 9.93. The maximum Gasteiger partial charge on any atom is 0.295 e. The molecule has 1 amide bonds. The van der Waals surface area contributed by atoms with Gasteiger partial charge in [0.15, 0.2) is 0 Å². The van der Waals surface area contributed by atoms with Crippen molar-refractivity contribution in [2.24, 2.45) is 0 Å². The molecule has 0 bridgehead atoms. The van der Waals surface area contributed by atoms with Gasteiger partial charge in [-0.1, -0.05) is 0 Å². The summed E-state index contributed by atoms with van der Waals surface area (Å²) in [4.78, 5) is 31.7. The average molecular weight is 422 g/mol. The van der Waals surface area contributed by atoms with Crippen LogP contribution in [0.25, 0.3) is 5.76 Å². The van der Waals surface area contributed by atoms with Gasteiger partial charge in [-0.3, -0.25) is 14.6 Å². The minimum absolute atomic E-state index is 0.0851. The Morgan fingerprint density at radius 2 is 1.97 bits per heavy atom. The normalized spacial score (nSPS) is 22.9. The highest BCUT2D eigenvalue weighted by Gasteiger charge is 2.47. The molecule has 0 aliphatic carbocycles. The molecule has 1 aromatic heterocycles. The fraction of sp³-hybridized carbons (Fsp3) is 0.375. The number of nitrogens with zero attached hydrogens (tertiary/aromatic N) is 2. The molecule has 2 unspecified atom stereocenters. The van der Waals surface area contributed by atoms with Crippen molar-refractivity contribution in [2.45, 2.75) is 38.8 Å². The Morgan fingerprint density at radius 1 is 1.23 bits per heavy atom. The van der Waals surface area contributed by atoms with Gasteiger partial charge >= 0.3 is 0 Å². The molecule has 2 saturated heterocycles. The number of benzene rings is 1. The second-order valence-electron chi connectivity index (χ2n) is 8.00. The number of aryl methyl sites for hydroxylation is 2. The lowest BCUT2D eigenvalue weighted by Crippen LogP contribution is -2.36. The summed E-state index contributed by atoms with van der Waals surface area (Å²) < 4.78 is 11.1. The molecular formula is C24H26N2O5. The van der Waals surface area contributed by atoms with Gasteiger partial charge in [-0.2, -0.15) is 0 Å². The summed E-state index contributed by atoms with van der Waals surface area (Å²) in [6.07, 6.45) is 4.88. The van der Waals surface area contributed by atoms with Crippen molar-refractivity contribution in [1.29, 1.82) is 0 Å². The summed E-state index contributed by atoms with van der Waals surface area (Å²) >= 11 is 0. The zero-order valence-corrected chi connectivity index (χ0v) is 17.9. The minimum atomic E-state index is -0.700. The SMILES string of the molecule is COc1cc(C)c(/C(O)=C2\C(=O)C(=O)N(CC3CCCO3)C2c2ccncc2)cc1C. The fourth-order valence-electron chi connectivity index (χ4n) is 4.38. The second-order valence-corrected chi connectivity index (χ2v) is 8.00. The Hall–Kier alpha value is -3.19. The summed E-state index contributed by atoms with van der Waals surface area (Å²) in [7, 11) is 1.58. The number of rotatable bonds is 5. The molecule has 0 saturated carbocycles. The molecule has 3 heterocycles. The quantitative estimate of drug-likeness (QED) is 0.452. The van der Waals surface area contributed by atoms with Crippen LogP contribution >= 0.6 is 0 Å². The van der Waals surface area contributed by atoms with Crippen LogP contribution in [0.4, 0.5) is 0 Å². The summed E-state index contributed by atoms with van der Waals surface area (Å²) in [5.41, 5.74) is 2.88. The molecule has 2 aliphatic heterocycles. The number of ether oxygens (including phenoxy) is 2. The molecule has 4 rings (SSSR count).